The molecule has 0 bridgehead atoms. The molecule has 18 heavy (non-hydrogen) atoms. The topological polar surface area (TPSA) is 41.7 Å². The summed E-state index contributed by atoms with van der Waals surface area (Å²) in [6.45, 7) is 4.19. The number of ether oxygens (including phenoxy) is 1. The number of hydrogen-bond donors (Lipinski definition) is 1. The van der Waals surface area contributed by atoms with Gasteiger partial charge in [0.25, 0.3) is 0 Å². The van der Waals surface area contributed by atoms with Crippen molar-refractivity contribution >= 4 is 5.69 Å². The lowest BCUT2D eigenvalue weighted by atomic mass is 9.97. The highest BCUT2D eigenvalue weighted by Crippen LogP contribution is 2.31. The van der Waals surface area contributed by atoms with Gasteiger partial charge in [-0.05, 0) is 38.2 Å². The predicted molar refractivity (Wildman–Crippen MR) is 74.9 cm³/mol. The second kappa shape index (κ2) is 5.59. The summed E-state index contributed by atoms with van der Waals surface area (Å²) in [6.07, 6.45) is 1.02. The Morgan fingerprint density at radius 1 is 1.33 bits per heavy atom. The monoisotopic (exact) mass is 249 g/mol. The average molecular weight is 249 g/mol. The number of likely N-dealkylation sites (N-methyl/N-ethyl adjacent to an activating group) is 1. The fourth-order valence-corrected chi connectivity index (χ4v) is 2.45. The van der Waals surface area contributed by atoms with Crippen molar-refractivity contribution in [2.75, 3.05) is 46.6 Å². The van der Waals surface area contributed by atoms with Gasteiger partial charge in [-0.25, -0.2) is 0 Å². The minimum absolute atomic E-state index is 0.889. The van der Waals surface area contributed by atoms with Gasteiger partial charge in [0, 0.05) is 37.4 Å². The molecule has 0 aromatic heterocycles. The Labute approximate surface area is 109 Å². The van der Waals surface area contributed by atoms with E-state index in [0.29, 0.717) is 0 Å². The van der Waals surface area contributed by atoms with Crippen LogP contribution in [0.15, 0.2) is 12.1 Å². The smallest absolute Gasteiger partial charge is 0.122 e. The number of anilines is 1. The molecule has 0 aliphatic carbocycles. The van der Waals surface area contributed by atoms with Gasteiger partial charge in [0.15, 0.2) is 0 Å². The quantitative estimate of drug-likeness (QED) is 0.814. The van der Waals surface area contributed by atoms with Gasteiger partial charge in [0.1, 0.15) is 5.75 Å². The van der Waals surface area contributed by atoms with Crippen LogP contribution in [0.5, 0.6) is 5.75 Å². The highest BCUT2D eigenvalue weighted by atomic mass is 16.5. The van der Waals surface area contributed by atoms with Crippen molar-refractivity contribution in [3.8, 4) is 5.75 Å². The second-order valence-corrected chi connectivity index (χ2v) is 5.14. The van der Waals surface area contributed by atoms with Gasteiger partial charge in [-0.1, -0.05) is 0 Å². The molecular formula is C14H23N3O. The van der Waals surface area contributed by atoms with Crippen LogP contribution in [0.25, 0.3) is 0 Å². The third-order valence-electron chi connectivity index (χ3n) is 3.57. The zero-order valence-electron chi connectivity index (χ0n) is 11.6. The molecule has 1 aliphatic heterocycles. The number of nitrogens with zero attached hydrogens (tertiary/aromatic N) is 2. The number of nitrogen functional groups attached to an aromatic ring is 1. The molecule has 0 radical (unpaired) electrons. The number of benzene rings is 1. The number of rotatable bonds is 4. The standard InChI is InChI=1S/C14H23N3O/c1-16(2)8-9-17-7-6-11-12(10-17)13(15)4-5-14(11)18-3/h4-5H,6-10,15H2,1-3H3. The van der Waals surface area contributed by atoms with E-state index in [4.69, 9.17) is 10.5 Å². The van der Waals surface area contributed by atoms with E-state index < -0.39 is 0 Å². The lowest BCUT2D eigenvalue weighted by Gasteiger charge is -2.31. The number of nitrogens with two attached hydrogens (primary N) is 1. The molecule has 100 valence electrons. The zero-order valence-corrected chi connectivity index (χ0v) is 11.6. The maximum Gasteiger partial charge on any atom is 0.122 e. The Balaban J connectivity index is 2.13. The molecular weight excluding hydrogens is 226 g/mol. The Morgan fingerprint density at radius 2 is 2.11 bits per heavy atom. The van der Waals surface area contributed by atoms with Crippen molar-refractivity contribution in [1.29, 1.82) is 0 Å². The molecule has 2 N–H and O–H groups in total. The Kier molecular flexibility index (Phi) is 4.09. The van der Waals surface area contributed by atoms with Gasteiger partial charge in [0.2, 0.25) is 0 Å². The number of methoxy groups -OCH3 is 1. The molecule has 0 saturated heterocycles. The third-order valence-corrected chi connectivity index (χ3v) is 3.57. The highest BCUT2D eigenvalue weighted by molar-refractivity contribution is 5.57. The van der Waals surface area contributed by atoms with Crippen molar-refractivity contribution < 1.29 is 4.74 Å². The van der Waals surface area contributed by atoms with Gasteiger partial charge in [0.05, 0.1) is 7.11 Å². The lowest BCUT2D eigenvalue weighted by molar-refractivity contribution is 0.224. The molecule has 0 unspecified atom stereocenters. The molecule has 1 aromatic rings. The molecule has 1 aromatic carbocycles. The summed E-state index contributed by atoms with van der Waals surface area (Å²) in [4.78, 5) is 4.67. The lowest BCUT2D eigenvalue weighted by Crippen LogP contribution is -2.36. The average Bonchev–Trinajstić information content (AvgIpc) is 2.37. The number of fused-ring (bicyclic) bond motifs is 1. The van der Waals surface area contributed by atoms with Crippen LogP contribution in [0.2, 0.25) is 0 Å². The molecule has 0 fully saturated rings. The summed E-state index contributed by atoms with van der Waals surface area (Å²) >= 11 is 0. The number of hydrogen-bond acceptors (Lipinski definition) is 4. The largest absolute Gasteiger partial charge is 0.496 e. The summed E-state index contributed by atoms with van der Waals surface area (Å²) in [5.41, 5.74) is 9.52. The van der Waals surface area contributed by atoms with Crippen molar-refractivity contribution in [3.63, 3.8) is 0 Å². The molecule has 0 amide bonds. The molecule has 0 atom stereocenters. The van der Waals surface area contributed by atoms with Gasteiger partial charge in [-0.15, -0.1) is 0 Å². The van der Waals surface area contributed by atoms with Crippen LogP contribution in [0.1, 0.15) is 11.1 Å². The van der Waals surface area contributed by atoms with Crippen molar-refractivity contribution in [3.05, 3.63) is 23.3 Å². The molecule has 4 heteroatoms. The van der Waals surface area contributed by atoms with E-state index >= 15 is 0 Å². The summed E-state index contributed by atoms with van der Waals surface area (Å²) in [5, 5.41) is 0. The van der Waals surface area contributed by atoms with Gasteiger partial charge in [-0.3, -0.25) is 4.90 Å². The molecule has 0 saturated carbocycles. The van der Waals surface area contributed by atoms with Crippen LogP contribution < -0.4 is 10.5 Å². The maximum atomic E-state index is 6.09. The summed E-state index contributed by atoms with van der Waals surface area (Å²) in [5.74, 6) is 0.978. The first kappa shape index (κ1) is 13.2. The summed E-state index contributed by atoms with van der Waals surface area (Å²) in [7, 11) is 5.94. The predicted octanol–water partition coefficient (Wildman–Crippen LogP) is 1.20. The maximum absolute atomic E-state index is 6.09. The van der Waals surface area contributed by atoms with Crippen molar-refractivity contribution in [2.45, 2.75) is 13.0 Å². The van der Waals surface area contributed by atoms with Crippen LogP contribution in [0, 0.1) is 0 Å². The second-order valence-electron chi connectivity index (χ2n) is 5.14. The zero-order chi connectivity index (χ0) is 13.1. The van der Waals surface area contributed by atoms with E-state index in [1.165, 1.54) is 11.1 Å². The van der Waals surface area contributed by atoms with Crippen LogP contribution in [-0.4, -0.2) is 50.6 Å². The highest BCUT2D eigenvalue weighted by Gasteiger charge is 2.21. The van der Waals surface area contributed by atoms with Crippen molar-refractivity contribution in [2.24, 2.45) is 0 Å². The van der Waals surface area contributed by atoms with Crippen LogP contribution >= 0.6 is 0 Å². The van der Waals surface area contributed by atoms with Gasteiger partial charge >= 0.3 is 0 Å². The minimum Gasteiger partial charge on any atom is -0.496 e. The van der Waals surface area contributed by atoms with Gasteiger partial charge in [-0.2, -0.15) is 0 Å². The molecule has 0 spiro atoms. The summed E-state index contributed by atoms with van der Waals surface area (Å²) in [6, 6.07) is 3.93. The van der Waals surface area contributed by atoms with E-state index in [1.54, 1.807) is 7.11 Å². The van der Waals surface area contributed by atoms with Crippen LogP contribution in [-0.2, 0) is 13.0 Å². The molecule has 4 nitrogen and oxygen atoms in total. The van der Waals surface area contributed by atoms with E-state index in [2.05, 4.69) is 23.9 Å². The fraction of sp³-hybridized carbons (Fsp3) is 0.571. The van der Waals surface area contributed by atoms with E-state index in [9.17, 15) is 0 Å². The SMILES string of the molecule is COc1ccc(N)c2c1CCN(CCN(C)C)C2. The first-order valence-electron chi connectivity index (χ1n) is 6.43. The Bertz CT molecular complexity index is 418. The van der Waals surface area contributed by atoms with Crippen LogP contribution in [0.3, 0.4) is 0 Å². The van der Waals surface area contributed by atoms with E-state index in [-0.39, 0.29) is 0 Å². The Hall–Kier alpha value is -1.26. The van der Waals surface area contributed by atoms with E-state index in [1.807, 2.05) is 12.1 Å². The third kappa shape index (κ3) is 2.76. The Morgan fingerprint density at radius 3 is 2.78 bits per heavy atom. The molecule has 2 rings (SSSR count). The molecule has 1 aliphatic rings. The van der Waals surface area contributed by atoms with Gasteiger partial charge < -0.3 is 15.4 Å². The van der Waals surface area contributed by atoms with Crippen LogP contribution in [0.4, 0.5) is 5.69 Å². The minimum atomic E-state index is 0.889. The first-order chi connectivity index (χ1) is 8.61. The normalized spacial score (nSPS) is 15.8. The molecule has 1 heterocycles. The summed E-state index contributed by atoms with van der Waals surface area (Å²) < 4.78 is 5.42. The van der Waals surface area contributed by atoms with Crippen molar-refractivity contribution in [1.82, 2.24) is 9.80 Å². The first-order valence-corrected chi connectivity index (χ1v) is 6.43. The van der Waals surface area contributed by atoms with E-state index in [0.717, 1.165) is 44.0 Å². The fourth-order valence-electron chi connectivity index (χ4n) is 2.45.